The molecule has 186 valence electrons. The standard InChI is InChI=1S/C28H32F3N3O/c29-28(30,31)20-10-9-11-21(18-20)32-26-24-16-7-8-17-25(24)34(27(26)35)19-33(22-12-3-1-4-13-22)23-14-5-2-6-15-23/h7-11,16-18,22-23H,1-6,12-15,19H2. The molecule has 2 aromatic rings. The van der Waals surface area contributed by atoms with E-state index in [1.165, 1.54) is 50.7 Å². The number of aliphatic imine (C=N–C) groups is 1. The van der Waals surface area contributed by atoms with E-state index in [1.807, 2.05) is 24.3 Å². The summed E-state index contributed by atoms with van der Waals surface area (Å²) in [4.78, 5) is 22.5. The van der Waals surface area contributed by atoms with Crippen LogP contribution in [0.15, 0.2) is 53.5 Å². The van der Waals surface area contributed by atoms with Crippen LogP contribution in [-0.4, -0.2) is 35.3 Å². The highest BCUT2D eigenvalue weighted by Crippen LogP contribution is 2.36. The maximum absolute atomic E-state index is 13.7. The first-order valence-electron chi connectivity index (χ1n) is 12.8. The molecule has 4 nitrogen and oxygen atoms in total. The summed E-state index contributed by atoms with van der Waals surface area (Å²) in [7, 11) is 0. The summed E-state index contributed by atoms with van der Waals surface area (Å²) in [5.41, 5.74) is 1.06. The quantitative estimate of drug-likeness (QED) is 0.455. The van der Waals surface area contributed by atoms with Crippen molar-refractivity contribution in [1.82, 2.24) is 4.90 Å². The Kier molecular flexibility index (Phi) is 6.96. The van der Waals surface area contributed by atoms with Gasteiger partial charge in [0.2, 0.25) is 0 Å². The first-order valence-corrected chi connectivity index (χ1v) is 12.8. The molecule has 0 atom stereocenters. The number of alkyl halides is 3. The summed E-state index contributed by atoms with van der Waals surface area (Å²) in [6.45, 7) is 0.507. The Morgan fingerprint density at radius 1 is 0.857 bits per heavy atom. The largest absolute Gasteiger partial charge is 0.416 e. The van der Waals surface area contributed by atoms with Crippen LogP contribution < -0.4 is 4.90 Å². The lowest BCUT2D eigenvalue weighted by molar-refractivity contribution is -0.137. The van der Waals surface area contributed by atoms with Gasteiger partial charge in [-0.2, -0.15) is 13.2 Å². The van der Waals surface area contributed by atoms with Gasteiger partial charge in [0, 0.05) is 17.6 Å². The molecule has 2 aliphatic carbocycles. The van der Waals surface area contributed by atoms with Crippen LogP contribution in [0.1, 0.15) is 75.3 Å². The summed E-state index contributed by atoms with van der Waals surface area (Å²) < 4.78 is 39.7. The molecule has 0 bridgehead atoms. The lowest BCUT2D eigenvalue weighted by Gasteiger charge is -2.43. The predicted molar refractivity (Wildman–Crippen MR) is 132 cm³/mol. The number of para-hydroxylation sites is 1. The van der Waals surface area contributed by atoms with Crippen molar-refractivity contribution in [2.24, 2.45) is 4.99 Å². The van der Waals surface area contributed by atoms with Crippen LogP contribution in [0, 0.1) is 0 Å². The Morgan fingerprint density at radius 3 is 2.11 bits per heavy atom. The van der Waals surface area contributed by atoms with Gasteiger partial charge < -0.3 is 0 Å². The van der Waals surface area contributed by atoms with E-state index < -0.39 is 11.7 Å². The first kappa shape index (κ1) is 24.0. The molecule has 35 heavy (non-hydrogen) atoms. The second-order valence-corrected chi connectivity index (χ2v) is 10.00. The number of rotatable bonds is 5. The van der Waals surface area contributed by atoms with Crippen molar-refractivity contribution < 1.29 is 18.0 Å². The minimum atomic E-state index is -4.46. The number of hydrogen-bond donors (Lipinski definition) is 0. The minimum absolute atomic E-state index is 0.135. The summed E-state index contributed by atoms with van der Waals surface area (Å²) in [5, 5.41) is 0. The van der Waals surface area contributed by atoms with Crippen molar-refractivity contribution in [2.75, 3.05) is 11.6 Å². The smallest absolute Gasteiger partial charge is 0.293 e. The highest BCUT2D eigenvalue weighted by molar-refractivity contribution is 6.54. The Bertz CT molecular complexity index is 1070. The predicted octanol–water partition coefficient (Wildman–Crippen LogP) is 7.10. The van der Waals surface area contributed by atoms with Crippen molar-refractivity contribution in [3.05, 3.63) is 59.7 Å². The van der Waals surface area contributed by atoms with Gasteiger partial charge in [-0.05, 0) is 49.9 Å². The molecular weight excluding hydrogens is 451 g/mol. The molecule has 0 unspecified atom stereocenters. The molecule has 1 heterocycles. The zero-order valence-electron chi connectivity index (χ0n) is 19.9. The van der Waals surface area contributed by atoms with Crippen LogP contribution in [0.25, 0.3) is 0 Å². The molecule has 0 radical (unpaired) electrons. The number of carbonyl (C=O) groups excluding carboxylic acids is 1. The molecule has 2 aromatic carbocycles. The third-order valence-electron chi connectivity index (χ3n) is 7.70. The van der Waals surface area contributed by atoms with Gasteiger partial charge in [0.1, 0.15) is 5.71 Å². The SMILES string of the molecule is O=C1C(=Nc2cccc(C(F)(F)F)c2)c2ccccc2N1CN(C1CCCCC1)C1CCCCC1. The van der Waals surface area contributed by atoms with Crippen molar-refractivity contribution in [1.29, 1.82) is 0 Å². The maximum atomic E-state index is 13.7. The summed E-state index contributed by atoms with van der Waals surface area (Å²) in [5.74, 6) is -0.236. The average Bonchev–Trinajstić information content (AvgIpc) is 3.14. The average molecular weight is 484 g/mol. The summed E-state index contributed by atoms with van der Waals surface area (Å²) >= 11 is 0. The molecule has 0 saturated heterocycles. The van der Waals surface area contributed by atoms with Crippen LogP contribution in [0.3, 0.4) is 0 Å². The van der Waals surface area contributed by atoms with E-state index in [0.717, 1.165) is 43.5 Å². The lowest BCUT2D eigenvalue weighted by atomic mass is 9.89. The van der Waals surface area contributed by atoms with Crippen LogP contribution in [-0.2, 0) is 11.0 Å². The minimum Gasteiger partial charge on any atom is -0.293 e. The molecule has 2 fully saturated rings. The second kappa shape index (κ2) is 10.1. The van der Waals surface area contributed by atoms with Gasteiger partial charge in [0.05, 0.1) is 23.6 Å². The number of carbonyl (C=O) groups is 1. The molecule has 7 heteroatoms. The van der Waals surface area contributed by atoms with E-state index in [1.54, 1.807) is 4.90 Å². The van der Waals surface area contributed by atoms with Gasteiger partial charge in [0.15, 0.2) is 0 Å². The van der Waals surface area contributed by atoms with E-state index in [9.17, 15) is 18.0 Å². The fraction of sp³-hybridized carbons (Fsp3) is 0.500. The molecule has 3 aliphatic rings. The molecule has 0 N–H and O–H groups in total. The van der Waals surface area contributed by atoms with Gasteiger partial charge in [-0.3, -0.25) is 14.6 Å². The highest BCUT2D eigenvalue weighted by Gasteiger charge is 2.38. The second-order valence-electron chi connectivity index (χ2n) is 10.00. The van der Waals surface area contributed by atoms with Gasteiger partial charge >= 0.3 is 6.18 Å². The van der Waals surface area contributed by atoms with Crippen molar-refractivity contribution >= 4 is 23.0 Å². The zero-order chi connectivity index (χ0) is 24.4. The van der Waals surface area contributed by atoms with E-state index in [4.69, 9.17) is 0 Å². The molecule has 0 spiro atoms. The molecule has 1 amide bonds. The van der Waals surface area contributed by atoms with E-state index >= 15 is 0 Å². The van der Waals surface area contributed by atoms with Gasteiger partial charge in [0.25, 0.3) is 5.91 Å². The van der Waals surface area contributed by atoms with Gasteiger partial charge in [-0.1, -0.05) is 62.8 Å². The van der Waals surface area contributed by atoms with Crippen LogP contribution >= 0.6 is 0 Å². The van der Waals surface area contributed by atoms with Gasteiger partial charge in [-0.25, -0.2) is 4.99 Å². The number of hydrogen-bond acceptors (Lipinski definition) is 3. The van der Waals surface area contributed by atoms with E-state index in [0.29, 0.717) is 24.3 Å². The van der Waals surface area contributed by atoms with E-state index in [-0.39, 0.29) is 17.3 Å². The molecule has 1 aliphatic heterocycles. The van der Waals surface area contributed by atoms with Crippen LogP contribution in [0.2, 0.25) is 0 Å². The topological polar surface area (TPSA) is 35.9 Å². The number of benzene rings is 2. The number of anilines is 1. The third kappa shape index (κ3) is 5.15. The molecular formula is C28H32F3N3O. The fourth-order valence-corrected chi connectivity index (χ4v) is 5.91. The number of amides is 1. The zero-order valence-corrected chi connectivity index (χ0v) is 19.9. The van der Waals surface area contributed by atoms with E-state index in [2.05, 4.69) is 9.89 Å². The van der Waals surface area contributed by atoms with Crippen LogP contribution in [0.4, 0.5) is 24.5 Å². The Hall–Kier alpha value is -2.67. The number of halogens is 3. The Labute approximate surface area is 204 Å². The maximum Gasteiger partial charge on any atom is 0.416 e. The Morgan fingerprint density at radius 2 is 1.49 bits per heavy atom. The number of nitrogens with zero attached hydrogens (tertiary/aromatic N) is 3. The van der Waals surface area contributed by atoms with Crippen molar-refractivity contribution in [3.8, 4) is 0 Å². The summed E-state index contributed by atoms with van der Waals surface area (Å²) in [6, 6.07) is 13.3. The molecule has 5 rings (SSSR count). The van der Waals surface area contributed by atoms with Crippen LogP contribution in [0.5, 0.6) is 0 Å². The molecule has 0 aromatic heterocycles. The van der Waals surface area contributed by atoms with Gasteiger partial charge in [-0.15, -0.1) is 0 Å². The first-order chi connectivity index (χ1) is 16.9. The fourth-order valence-electron chi connectivity index (χ4n) is 5.91. The normalized spacial score (nSPS) is 21.2. The Balaban J connectivity index is 1.47. The summed E-state index contributed by atoms with van der Waals surface area (Å²) in [6.07, 6.45) is 7.61. The lowest BCUT2D eigenvalue weighted by Crippen LogP contribution is -2.51. The molecule has 2 saturated carbocycles. The third-order valence-corrected chi connectivity index (χ3v) is 7.70. The van der Waals surface area contributed by atoms with Crippen molar-refractivity contribution in [3.63, 3.8) is 0 Å². The highest BCUT2D eigenvalue weighted by atomic mass is 19.4. The van der Waals surface area contributed by atoms with Crippen molar-refractivity contribution in [2.45, 2.75) is 82.5 Å². The monoisotopic (exact) mass is 483 g/mol. The number of fused-ring (bicyclic) bond motifs is 1.